The molecule has 0 heterocycles. The number of aliphatic carboxylic acids is 2. The Hall–Kier alpha value is -1.56. The van der Waals surface area contributed by atoms with Crippen molar-refractivity contribution in [1.82, 2.24) is 5.32 Å². The van der Waals surface area contributed by atoms with Crippen LogP contribution in [0.3, 0.4) is 0 Å². The fraction of sp³-hybridized carbons (Fsp3) is 0.706. The minimum atomic E-state index is -0.987. The van der Waals surface area contributed by atoms with Crippen LogP contribution in [0.2, 0.25) is 0 Å². The summed E-state index contributed by atoms with van der Waals surface area (Å²) in [6, 6.07) is 0. The quantitative estimate of drug-likeness (QED) is 0.215. The molecule has 5 N–H and O–H groups in total. The van der Waals surface area contributed by atoms with E-state index >= 15 is 0 Å². The Morgan fingerprint density at radius 3 is 2.19 bits per heavy atom. The van der Waals surface area contributed by atoms with Gasteiger partial charge in [-0.25, -0.2) is 0 Å². The van der Waals surface area contributed by atoms with E-state index in [0.29, 0.717) is 19.3 Å². The van der Waals surface area contributed by atoms with Crippen molar-refractivity contribution in [2.75, 3.05) is 6.54 Å². The zero-order valence-electron chi connectivity index (χ0n) is 14.9. The Labute approximate surface area is 164 Å². The third kappa shape index (κ3) is 14.8. The van der Waals surface area contributed by atoms with Gasteiger partial charge in [0.15, 0.2) is 0 Å². The minimum absolute atomic E-state index is 0.0276. The van der Waals surface area contributed by atoms with Crippen LogP contribution in [-0.4, -0.2) is 44.4 Å². The van der Waals surface area contributed by atoms with Crippen molar-refractivity contribution in [2.24, 2.45) is 11.7 Å². The molecule has 0 aliphatic rings. The van der Waals surface area contributed by atoms with Crippen LogP contribution in [0.4, 0.5) is 0 Å². The normalized spacial score (nSPS) is 11.5. The number of carbonyl (C=O) groups is 4. The predicted octanol–water partition coefficient (Wildman–Crippen LogP) is 0.994. The van der Waals surface area contributed by atoms with Crippen LogP contribution in [0.5, 0.6) is 0 Å². The Morgan fingerprint density at radius 1 is 0.923 bits per heavy atom. The maximum absolute atomic E-state index is 11.7. The van der Waals surface area contributed by atoms with Crippen molar-refractivity contribution < 1.29 is 48.7 Å². The van der Waals surface area contributed by atoms with E-state index in [1.54, 1.807) is 0 Å². The number of amides is 2. The zero-order chi connectivity index (χ0) is 19.9. The Balaban J connectivity index is 3.93. The Morgan fingerprint density at radius 2 is 1.62 bits per heavy atom. The summed E-state index contributed by atoms with van der Waals surface area (Å²) in [5.74, 6) is -3.29. The van der Waals surface area contributed by atoms with Gasteiger partial charge in [-0.2, -0.15) is 0 Å². The first-order valence-electron chi connectivity index (χ1n) is 8.73. The van der Waals surface area contributed by atoms with Gasteiger partial charge < -0.3 is 5.11 Å². The molecule has 1 atom stereocenters. The third-order valence-corrected chi connectivity index (χ3v) is 5.30. The molecule has 0 fully saturated rings. The number of rotatable bonds is 16. The topological polar surface area (TPSA) is 147 Å². The number of hydrogen-bond donors (Lipinski definition) is 4. The van der Waals surface area contributed by atoms with E-state index < -0.39 is 17.9 Å². The molecular formula is C17H28N2O6W. The number of nitrogens with two attached hydrogens (primary N) is 1. The molecule has 0 aliphatic heterocycles. The molecule has 0 aliphatic carbocycles. The molecule has 0 bridgehead atoms. The van der Waals surface area contributed by atoms with Gasteiger partial charge in [-0.1, -0.05) is 0 Å². The first-order chi connectivity index (χ1) is 12.2. The summed E-state index contributed by atoms with van der Waals surface area (Å²) in [5.41, 5.74) is 5.11. The maximum atomic E-state index is 11.7. The SMILES string of the molecule is NC(=O)CC[C](=[W])CCCCC[C@H](CC(=O)NCCCC(=O)O)C(=O)O. The van der Waals surface area contributed by atoms with E-state index in [9.17, 15) is 24.3 Å². The van der Waals surface area contributed by atoms with Crippen LogP contribution in [0.25, 0.3) is 0 Å². The molecule has 0 radical (unpaired) electrons. The molecule has 0 saturated carbocycles. The van der Waals surface area contributed by atoms with Crippen molar-refractivity contribution in [2.45, 2.75) is 64.2 Å². The van der Waals surface area contributed by atoms with Gasteiger partial charge in [-0.15, -0.1) is 0 Å². The third-order valence-electron chi connectivity index (χ3n) is 3.83. The van der Waals surface area contributed by atoms with Gasteiger partial charge >= 0.3 is 148 Å². The Kier molecular flexibility index (Phi) is 13.7. The number of carbonyl (C=O) groups excluding carboxylic acids is 2. The predicted molar refractivity (Wildman–Crippen MR) is 92.1 cm³/mol. The summed E-state index contributed by atoms with van der Waals surface area (Å²) in [6.07, 6.45) is 5.20. The number of nitrogens with one attached hydrogen (secondary N) is 1. The van der Waals surface area contributed by atoms with Crippen LogP contribution < -0.4 is 11.1 Å². The van der Waals surface area contributed by atoms with Gasteiger partial charge in [0.05, 0.1) is 0 Å². The first-order valence-corrected chi connectivity index (χ1v) is 10.2. The molecule has 0 spiro atoms. The monoisotopic (exact) mass is 540 g/mol. The van der Waals surface area contributed by atoms with Gasteiger partial charge in [0, 0.05) is 6.42 Å². The average molecular weight is 540 g/mol. The molecule has 0 rings (SSSR count). The molecule has 26 heavy (non-hydrogen) atoms. The molecule has 148 valence electrons. The van der Waals surface area contributed by atoms with Crippen molar-refractivity contribution in [3.05, 3.63) is 0 Å². The van der Waals surface area contributed by atoms with Gasteiger partial charge in [-0.3, -0.25) is 4.79 Å². The van der Waals surface area contributed by atoms with E-state index in [2.05, 4.69) is 5.32 Å². The van der Waals surface area contributed by atoms with Crippen molar-refractivity contribution in [3.63, 3.8) is 0 Å². The fourth-order valence-corrected chi connectivity index (χ4v) is 3.24. The summed E-state index contributed by atoms with van der Waals surface area (Å²) >= 11 is 1.35. The van der Waals surface area contributed by atoms with Crippen LogP contribution in [0.15, 0.2) is 0 Å². The van der Waals surface area contributed by atoms with E-state index in [1.807, 2.05) is 0 Å². The number of hydrogen-bond acceptors (Lipinski definition) is 4. The van der Waals surface area contributed by atoms with Crippen molar-refractivity contribution in [1.29, 1.82) is 0 Å². The van der Waals surface area contributed by atoms with Crippen LogP contribution >= 0.6 is 0 Å². The molecule has 0 aromatic rings. The van der Waals surface area contributed by atoms with E-state index in [-0.39, 0.29) is 31.2 Å². The summed E-state index contributed by atoms with van der Waals surface area (Å²) in [5, 5.41) is 20.3. The molecule has 0 aromatic carbocycles. The number of primary amides is 1. The van der Waals surface area contributed by atoms with E-state index in [0.717, 1.165) is 32.1 Å². The van der Waals surface area contributed by atoms with E-state index in [1.165, 1.54) is 23.3 Å². The summed E-state index contributed by atoms with van der Waals surface area (Å²) < 4.78 is 1.29. The number of carboxylic acids is 2. The van der Waals surface area contributed by atoms with Crippen LogP contribution in [0.1, 0.15) is 64.2 Å². The van der Waals surface area contributed by atoms with Gasteiger partial charge in [0.25, 0.3) is 0 Å². The second-order valence-corrected chi connectivity index (χ2v) is 8.27. The summed E-state index contributed by atoms with van der Waals surface area (Å²) in [7, 11) is 0. The number of unbranched alkanes of at least 4 members (excludes halogenated alkanes) is 2. The molecule has 9 heteroatoms. The standard InChI is InChI=1S/C17H28N2O6.W/c18-14(20)9-6-4-2-1-3-5-8-13(17(24)25)12-15(21)19-11-7-10-16(22)23;/h13H,1-3,5-12H2,(H2,18,20)(H,19,21)(H,22,23)(H,24,25);/t13-;/m1./s1. The van der Waals surface area contributed by atoms with Gasteiger partial charge in [-0.05, 0) is 0 Å². The second-order valence-electron chi connectivity index (χ2n) is 6.19. The second kappa shape index (κ2) is 14.6. The van der Waals surface area contributed by atoms with Crippen LogP contribution in [0, 0.1) is 5.92 Å². The molecule has 0 saturated heterocycles. The summed E-state index contributed by atoms with van der Waals surface area (Å²) in [6.45, 7) is 0.236. The zero-order valence-corrected chi connectivity index (χ0v) is 17.8. The van der Waals surface area contributed by atoms with E-state index in [4.69, 9.17) is 10.8 Å². The van der Waals surface area contributed by atoms with Crippen molar-refractivity contribution in [3.8, 4) is 0 Å². The fourth-order valence-electron chi connectivity index (χ4n) is 2.35. The first kappa shape index (κ1) is 24.4. The van der Waals surface area contributed by atoms with Crippen molar-refractivity contribution >= 4 is 27.7 Å². The molecule has 8 nitrogen and oxygen atoms in total. The molecular weight excluding hydrogens is 512 g/mol. The summed E-state index contributed by atoms with van der Waals surface area (Å²) in [4.78, 5) is 44.1. The van der Waals surface area contributed by atoms with Gasteiger partial charge in [0.1, 0.15) is 0 Å². The average Bonchev–Trinajstić information content (AvgIpc) is 2.55. The van der Waals surface area contributed by atoms with Crippen LogP contribution in [-0.2, 0) is 38.5 Å². The van der Waals surface area contributed by atoms with Gasteiger partial charge in [0.2, 0.25) is 0 Å². The Bertz CT molecular complexity index is 509. The number of carboxylic acid groups (broad SMARTS) is 2. The molecule has 2 amide bonds. The molecule has 0 unspecified atom stereocenters. The molecule has 0 aromatic heterocycles.